The monoisotopic (exact) mass is 630 g/mol. The number of anilines is 6. The molecule has 9 heteroatoms. The number of benzene rings is 4. The average molecular weight is 633 g/mol. The Hall–Kier alpha value is -2.88. The summed E-state index contributed by atoms with van der Waals surface area (Å²) in [5, 5.41) is 0. The van der Waals surface area contributed by atoms with Gasteiger partial charge in [0.2, 0.25) is 0 Å². The number of hydrogen-bond acceptors (Lipinski definition) is 6. The van der Waals surface area contributed by atoms with Gasteiger partial charge in [-0.15, -0.1) is 0 Å². The molecule has 0 unspecified atom stereocenters. The van der Waals surface area contributed by atoms with Crippen molar-refractivity contribution in [1.82, 2.24) is 0 Å². The highest BCUT2D eigenvalue weighted by molar-refractivity contribution is 9.11. The molecule has 0 amide bonds. The lowest BCUT2D eigenvalue weighted by atomic mass is 9.91. The van der Waals surface area contributed by atoms with Crippen LogP contribution in [0, 0.1) is 0 Å². The molecular formula is C24H21Br3N6. The molecule has 0 saturated carbocycles. The maximum absolute atomic E-state index is 6.38. The molecule has 0 aliphatic carbocycles. The Kier molecular flexibility index (Phi) is 6.22. The number of halogens is 3. The van der Waals surface area contributed by atoms with Crippen LogP contribution in [-0.2, 0) is 0 Å². The van der Waals surface area contributed by atoms with Crippen LogP contribution >= 0.6 is 47.8 Å². The minimum absolute atomic E-state index is 0.471. The second-order valence-corrected chi connectivity index (χ2v) is 10.1. The summed E-state index contributed by atoms with van der Waals surface area (Å²) in [5.74, 6) is 0. The molecule has 0 aliphatic heterocycles. The summed E-state index contributed by atoms with van der Waals surface area (Å²) in [7, 11) is 0. The molecule has 33 heavy (non-hydrogen) atoms. The Morgan fingerprint density at radius 2 is 0.606 bits per heavy atom. The summed E-state index contributed by atoms with van der Waals surface area (Å²) < 4.78 is 2.19. The zero-order chi connectivity index (χ0) is 24.0. The quantitative estimate of drug-likeness (QED) is 0.142. The first-order chi connectivity index (χ1) is 15.6. The molecule has 0 spiro atoms. The number of hydrogen-bond donors (Lipinski definition) is 6. The predicted molar refractivity (Wildman–Crippen MR) is 152 cm³/mol. The van der Waals surface area contributed by atoms with Crippen LogP contribution in [0.1, 0.15) is 0 Å². The van der Waals surface area contributed by atoms with Crippen molar-refractivity contribution in [2.75, 3.05) is 34.4 Å². The maximum Gasteiger partial charge on any atom is 0.0698 e. The van der Waals surface area contributed by atoms with Gasteiger partial charge in [0, 0.05) is 30.1 Å². The lowest BCUT2D eigenvalue weighted by Crippen LogP contribution is -2.01. The molecule has 12 N–H and O–H groups in total. The summed E-state index contributed by atoms with van der Waals surface area (Å²) in [6.45, 7) is 0. The van der Waals surface area contributed by atoms with E-state index in [0.717, 1.165) is 46.8 Å². The van der Waals surface area contributed by atoms with Crippen LogP contribution in [0.15, 0.2) is 68.0 Å². The van der Waals surface area contributed by atoms with Crippen LogP contribution < -0.4 is 34.4 Å². The van der Waals surface area contributed by atoms with E-state index in [1.54, 1.807) is 0 Å². The standard InChI is InChI=1S/C24H21Br3N6/c25-16-4-1-13(19(28)22(16)31)10-7-11(14-2-5-17(26)23(32)20(14)29)9-12(8-10)15-3-6-18(27)24(33)21(15)30/h1-9H,28-33H2. The minimum Gasteiger partial charge on any atom is -0.397 e. The molecule has 0 atom stereocenters. The Balaban J connectivity index is 2.04. The van der Waals surface area contributed by atoms with E-state index in [0.29, 0.717) is 34.1 Å². The highest BCUT2D eigenvalue weighted by Gasteiger charge is 2.16. The van der Waals surface area contributed by atoms with Crippen LogP contribution in [0.3, 0.4) is 0 Å². The maximum atomic E-state index is 6.38. The van der Waals surface area contributed by atoms with Crippen molar-refractivity contribution < 1.29 is 0 Å². The number of nitrogens with two attached hydrogens (primary N) is 6. The molecule has 0 heterocycles. The van der Waals surface area contributed by atoms with Crippen molar-refractivity contribution in [2.24, 2.45) is 0 Å². The molecular weight excluding hydrogens is 612 g/mol. The van der Waals surface area contributed by atoms with Gasteiger partial charge < -0.3 is 34.4 Å². The Bertz CT molecular complexity index is 1240. The Morgan fingerprint density at radius 3 is 0.848 bits per heavy atom. The molecule has 0 fully saturated rings. The third kappa shape index (κ3) is 4.12. The van der Waals surface area contributed by atoms with Gasteiger partial charge in [-0.05, 0) is 101 Å². The zero-order valence-electron chi connectivity index (χ0n) is 17.3. The summed E-state index contributed by atoms with van der Waals surface area (Å²) in [6.07, 6.45) is 0. The molecule has 4 rings (SSSR count). The second-order valence-electron chi connectivity index (χ2n) is 7.57. The zero-order valence-corrected chi connectivity index (χ0v) is 22.1. The molecule has 4 aromatic rings. The van der Waals surface area contributed by atoms with E-state index in [1.165, 1.54) is 0 Å². The van der Waals surface area contributed by atoms with Crippen molar-refractivity contribution in [3.05, 3.63) is 68.0 Å². The molecule has 0 bridgehead atoms. The number of nitrogen functional groups attached to an aromatic ring is 6. The van der Waals surface area contributed by atoms with Crippen molar-refractivity contribution in [3.8, 4) is 33.4 Å². The second kappa shape index (κ2) is 8.81. The van der Waals surface area contributed by atoms with Crippen molar-refractivity contribution in [2.45, 2.75) is 0 Å². The number of rotatable bonds is 3. The van der Waals surface area contributed by atoms with E-state index in [1.807, 2.05) is 54.6 Å². The van der Waals surface area contributed by atoms with Crippen LogP contribution in [0.25, 0.3) is 33.4 Å². The normalized spacial score (nSPS) is 11.0. The fourth-order valence-corrected chi connectivity index (χ4v) is 4.72. The summed E-state index contributed by atoms with van der Waals surface area (Å²) in [6, 6.07) is 17.3. The van der Waals surface area contributed by atoms with Gasteiger partial charge in [-0.25, -0.2) is 0 Å². The molecule has 168 valence electrons. The van der Waals surface area contributed by atoms with Gasteiger partial charge >= 0.3 is 0 Å². The van der Waals surface area contributed by atoms with Crippen LogP contribution in [-0.4, -0.2) is 0 Å². The van der Waals surface area contributed by atoms with Crippen molar-refractivity contribution in [3.63, 3.8) is 0 Å². The topological polar surface area (TPSA) is 156 Å². The molecule has 0 radical (unpaired) electrons. The third-order valence-electron chi connectivity index (χ3n) is 5.57. The largest absolute Gasteiger partial charge is 0.397 e. The average Bonchev–Trinajstić information content (AvgIpc) is 2.79. The summed E-state index contributed by atoms with van der Waals surface area (Å²) in [4.78, 5) is 0. The van der Waals surface area contributed by atoms with Crippen molar-refractivity contribution in [1.29, 1.82) is 0 Å². The van der Waals surface area contributed by atoms with Crippen LogP contribution in [0.5, 0.6) is 0 Å². The summed E-state index contributed by atoms with van der Waals surface area (Å²) >= 11 is 10.3. The minimum atomic E-state index is 0.471. The van der Waals surface area contributed by atoms with Crippen molar-refractivity contribution >= 4 is 81.9 Å². The van der Waals surface area contributed by atoms with E-state index in [2.05, 4.69) is 47.8 Å². The van der Waals surface area contributed by atoms with E-state index in [-0.39, 0.29) is 0 Å². The van der Waals surface area contributed by atoms with Crippen LogP contribution in [0.4, 0.5) is 34.1 Å². The smallest absolute Gasteiger partial charge is 0.0698 e. The SMILES string of the molecule is Nc1c(Br)ccc(-c2cc(-c3ccc(Br)c(N)c3N)cc(-c3ccc(Br)c(N)c3N)c2)c1N. The van der Waals surface area contributed by atoms with Gasteiger partial charge in [-0.3, -0.25) is 0 Å². The molecule has 0 saturated heterocycles. The highest BCUT2D eigenvalue weighted by Crippen LogP contribution is 2.43. The fourth-order valence-electron chi connectivity index (χ4n) is 3.68. The fraction of sp³-hybridized carbons (Fsp3) is 0. The third-order valence-corrected chi connectivity index (χ3v) is 7.64. The van der Waals surface area contributed by atoms with Gasteiger partial charge in [0.05, 0.1) is 34.1 Å². The van der Waals surface area contributed by atoms with E-state index in [4.69, 9.17) is 34.4 Å². The van der Waals surface area contributed by atoms with Gasteiger partial charge in [0.1, 0.15) is 0 Å². The first kappa shape index (κ1) is 23.3. The Morgan fingerprint density at radius 1 is 0.364 bits per heavy atom. The van der Waals surface area contributed by atoms with E-state index >= 15 is 0 Å². The predicted octanol–water partition coefficient (Wildman–Crippen LogP) is 6.47. The molecule has 6 nitrogen and oxygen atoms in total. The first-order valence-corrected chi connectivity index (χ1v) is 12.1. The van der Waals surface area contributed by atoms with E-state index < -0.39 is 0 Å². The summed E-state index contributed by atoms with van der Waals surface area (Å²) in [5.41, 5.74) is 45.4. The first-order valence-electron chi connectivity index (χ1n) is 9.76. The highest BCUT2D eigenvalue weighted by atomic mass is 79.9. The lowest BCUT2D eigenvalue weighted by molar-refractivity contribution is 1.53. The Labute approximate surface area is 216 Å². The molecule has 0 aromatic heterocycles. The van der Waals surface area contributed by atoms with Gasteiger partial charge in [-0.1, -0.05) is 18.2 Å². The molecule has 4 aromatic carbocycles. The van der Waals surface area contributed by atoms with Gasteiger partial charge in [0.15, 0.2) is 0 Å². The van der Waals surface area contributed by atoms with Gasteiger partial charge in [0.25, 0.3) is 0 Å². The van der Waals surface area contributed by atoms with Gasteiger partial charge in [-0.2, -0.15) is 0 Å². The van der Waals surface area contributed by atoms with E-state index in [9.17, 15) is 0 Å². The van der Waals surface area contributed by atoms with Crippen LogP contribution in [0.2, 0.25) is 0 Å². The lowest BCUT2D eigenvalue weighted by Gasteiger charge is -2.17. The molecule has 0 aliphatic rings.